The molecule has 1 fully saturated rings. The summed E-state index contributed by atoms with van der Waals surface area (Å²) in [5, 5.41) is 15.4. The summed E-state index contributed by atoms with van der Waals surface area (Å²) in [4.78, 5) is 71.4. The van der Waals surface area contributed by atoms with E-state index in [0.717, 1.165) is 5.56 Å². The van der Waals surface area contributed by atoms with E-state index >= 15 is 0 Å². The van der Waals surface area contributed by atoms with Gasteiger partial charge in [-0.05, 0) is 55.0 Å². The van der Waals surface area contributed by atoms with Crippen molar-refractivity contribution in [2.45, 2.75) is 57.2 Å². The minimum atomic E-state index is -1.26. The van der Waals surface area contributed by atoms with Crippen molar-refractivity contribution in [1.82, 2.24) is 20.2 Å². The number of carboxylic acid groups (broad SMARTS) is 1. The molecule has 47 heavy (non-hydrogen) atoms. The van der Waals surface area contributed by atoms with Crippen LogP contribution < -0.4 is 16.1 Å². The highest BCUT2D eigenvalue weighted by atomic mass is 16.4. The Bertz CT molecular complexity index is 1610. The third kappa shape index (κ3) is 9.48. The van der Waals surface area contributed by atoms with Crippen molar-refractivity contribution in [3.63, 3.8) is 0 Å². The van der Waals surface area contributed by atoms with Crippen molar-refractivity contribution in [2.24, 2.45) is 5.73 Å². The molecule has 1 saturated heterocycles. The van der Waals surface area contributed by atoms with Crippen LogP contribution in [0.25, 0.3) is 0 Å². The molecule has 2 unspecified atom stereocenters. The first-order chi connectivity index (χ1) is 22.7. The lowest BCUT2D eigenvalue weighted by Crippen LogP contribution is -2.60. The van der Waals surface area contributed by atoms with Crippen molar-refractivity contribution in [1.29, 1.82) is 0 Å². The van der Waals surface area contributed by atoms with Gasteiger partial charge in [-0.25, -0.2) is 10.0 Å². The molecule has 2 heterocycles. The summed E-state index contributed by atoms with van der Waals surface area (Å²) in [5.74, 6) is -0.746. The van der Waals surface area contributed by atoms with Crippen LogP contribution >= 0.6 is 0 Å². The van der Waals surface area contributed by atoms with Gasteiger partial charge in [-0.3, -0.25) is 29.0 Å². The fourth-order valence-electron chi connectivity index (χ4n) is 5.53. The lowest BCUT2D eigenvalue weighted by molar-refractivity contribution is -0.144. The number of hydrogen-bond acceptors (Lipinski definition) is 8. The van der Waals surface area contributed by atoms with Gasteiger partial charge in [0.25, 0.3) is 5.91 Å². The highest BCUT2D eigenvalue weighted by Crippen LogP contribution is 2.24. The Morgan fingerprint density at radius 3 is 2.30 bits per heavy atom. The molecule has 3 atom stereocenters. The molecule has 0 saturated carbocycles. The summed E-state index contributed by atoms with van der Waals surface area (Å²) in [7, 11) is 0. The number of aromatic nitrogens is 1. The predicted octanol–water partition coefficient (Wildman–Crippen LogP) is 1.94. The summed E-state index contributed by atoms with van der Waals surface area (Å²) in [6, 6.07) is 22.5. The van der Waals surface area contributed by atoms with Gasteiger partial charge in [-0.1, -0.05) is 54.6 Å². The van der Waals surface area contributed by atoms with Gasteiger partial charge in [-0.15, -0.1) is 0 Å². The van der Waals surface area contributed by atoms with E-state index in [1.807, 2.05) is 30.3 Å². The molecule has 12 nitrogen and oxygen atoms in total. The fraction of sp³-hybridized carbons (Fsp3) is 0.314. The summed E-state index contributed by atoms with van der Waals surface area (Å²) in [6.07, 6.45) is 2.14. The van der Waals surface area contributed by atoms with Crippen molar-refractivity contribution < 1.29 is 29.1 Å². The standard InChI is InChI=1S/C35H38N6O6/c1-25(42)17-20-40(28-14-6-3-7-15-28)41(29(23-33(44)45)21-26-11-4-2-5-12-26)35(47)30(22-27-13-8-9-18-37-27)38-34(46)31-16-10-19-39(31)32(43)24-36/h2-9,11-15,18,29-31H,10,16,19,21-24,36H2,1H3,(H,38,46)(H,44,45)/t29?,30-,31?/m0/s1. The number of aliphatic carboxylic acids is 1. The number of amides is 3. The number of carbonyl (C=O) groups excluding carboxylic acids is 4. The minimum Gasteiger partial charge on any atom is -0.481 e. The van der Waals surface area contributed by atoms with E-state index in [9.17, 15) is 29.1 Å². The molecular weight excluding hydrogens is 600 g/mol. The smallest absolute Gasteiger partial charge is 0.305 e. The molecule has 3 amide bonds. The summed E-state index contributed by atoms with van der Waals surface area (Å²) in [6.45, 7) is 1.38. The molecule has 0 radical (unpaired) electrons. The topological polar surface area (TPSA) is 166 Å². The van der Waals surface area contributed by atoms with E-state index in [2.05, 4.69) is 22.3 Å². The lowest BCUT2D eigenvalue weighted by atomic mass is 10.0. The first-order valence-corrected chi connectivity index (χ1v) is 15.3. The molecule has 1 aliphatic heterocycles. The number of benzene rings is 2. The van der Waals surface area contributed by atoms with Crippen LogP contribution in [0, 0.1) is 12.0 Å². The molecule has 0 spiro atoms. The summed E-state index contributed by atoms with van der Waals surface area (Å²) >= 11 is 0. The highest BCUT2D eigenvalue weighted by Gasteiger charge is 2.40. The third-order valence-corrected chi connectivity index (χ3v) is 7.65. The van der Waals surface area contributed by atoms with Crippen LogP contribution in [0.4, 0.5) is 5.69 Å². The van der Waals surface area contributed by atoms with Gasteiger partial charge in [0.1, 0.15) is 12.1 Å². The third-order valence-electron chi connectivity index (χ3n) is 7.65. The normalized spacial score (nSPS) is 15.0. The van der Waals surface area contributed by atoms with E-state index in [1.54, 1.807) is 54.7 Å². The second-order valence-corrected chi connectivity index (χ2v) is 11.1. The quantitative estimate of drug-likeness (QED) is 0.144. The summed E-state index contributed by atoms with van der Waals surface area (Å²) in [5.41, 5.74) is 7.25. The Morgan fingerprint density at radius 1 is 1.00 bits per heavy atom. The second-order valence-electron chi connectivity index (χ2n) is 11.1. The molecule has 0 aliphatic carbocycles. The van der Waals surface area contributed by atoms with Crippen molar-refractivity contribution in [3.8, 4) is 12.0 Å². The number of anilines is 1. The maximum atomic E-state index is 14.9. The zero-order valence-corrected chi connectivity index (χ0v) is 26.1. The largest absolute Gasteiger partial charge is 0.481 e. The van der Waals surface area contributed by atoms with Crippen molar-refractivity contribution in [2.75, 3.05) is 18.1 Å². The Kier molecular flexibility index (Phi) is 12.2. The predicted molar refractivity (Wildman–Crippen MR) is 174 cm³/mol. The second kappa shape index (κ2) is 16.7. The number of nitrogens with two attached hydrogens (primary N) is 1. The molecule has 1 aromatic heterocycles. The number of ketones is 1. The highest BCUT2D eigenvalue weighted by molar-refractivity contribution is 5.95. The van der Waals surface area contributed by atoms with Crippen LogP contribution in [-0.2, 0) is 36.8 Å². The van der Waals surface area contributed by atoms with Gasteiger partial charge in [0.2, 0.25) is 17.6 Å². The van der Waals surface area contributed by atoms with E-state index in [-0.39, 0.29) is 25.3 Å². The number of Topliss-reactive ketones (excluding diaryl/α,β-unsaturated/α-hetero) is 1. The van der Waals surface area contributed by atoms with E-state index in [4.69, 9.17) is 5.73 Å². The number of para-hydroxylation sites is 1. The van der Waals surface area contributed by atoms with Gasteiger partial charge in [-0.2, -0.15) is 0 Å². The Morgan fingerprint density at radius 2 is 1.68 bits per heavy atom. The van der Waals surface area contributed by atoms with Crippen molar-refractivity contribution in [3.05, 3.63) is 96.3 Å². The number of carbonyl (C=O) groups is 5. The van der Waals surface area contributed by atoms with E-state index < -0.39 is 48.1 Å². The van der Waals surface area contributed by atoms with Crippen LogP contribution in [0.15, 0.2) is 85.1 Å². The van der Waals surface area contributed by atoms with E-state index in [1.165, 1.54) is 21.8 Å². The zero-order valence-electron chi connectivity index (χ0n) is 26.1. The number of rotatable bonds is 13. The maximum absolute atomic E-state index is 14.9. The number of likely N-dealkylation sites (tertiary alicyclic amines) is 1. The van der Waals surface area contributed by atoms with Gasteiger partial charge in [0, 0.05) is 37.8 Å². The van der Waals surface area contributed by atoms with Crippen LogP contribution in [0.5, 0.6) is 0 Å². The number of pyridine rings is 1. The number of nitrogens with one attached hydrogen (secondary N) is 1. The molecule has 12 heteroatoms. The average Bonchev–Trinajstić information content (AvgIpc) is 3.57. The Balaban J connectivity index is 1.84. The van der Waals surface area contributed by atoms with E-state index in [0.29, 0.717) is 30.8 Å². The van der Waals surface area contributed by atoms with Crippen LogP contribution in [0.1, 0.15) is 37.4 Å². The fourth-order valence-corrected chi connectivity index (χ4v) is 5.53. The SMILES string of the molecule is CC(=O)C#CN(c1ccccc1)N(C(=O)[C@H](Cc1ccccn1)NC(=O)C1CCCN1C(=O)CN)C(CC(=O)O)Cc1ccccc1. The van der Waals surface area contributed by atoms with Crippen LogP contribution in [0.2, 0.25) is 0 Å². The first-order valence-electron chi connectivity index (χ1n) is 15.3. The van der Waals surface area contributed by atoms with Gasteiger partial charge >= 0.3 is 5.97 Å². The average molecular weight is 639 g/mol. The van der Waals surface area contributed by atoms with Crippen LogP contribution in [0.3, 0.4) is 0 Å². The monoisotopic (exact) mass is 638 g/mol. The van der Waals surface area contributed by atoms with Gasteiger partial charge in [0.05, 0.1) is 24.7 Å². The van der Waals surface area contributed by atoms with Crippen LogP contribution in [-0.4, -0.2) is 80.7 Å². The lowest BCUT2D eigenvalue weighted by Gasteiger charge is -2.40. The maximum Gasteiger partial charge on any atom is 0.305 e. The van der Waals surface area contributed by atoms with Gasteiger partial charge < -0.3 is 21.1 Å². The first kappa shape index (κ1) is 34.3. The molecule has 3 aromatic rings. The number of carboxylic acids is 1. The zero-order chi connectivity index (χ0) is 33.8. The molecule has 1 aliphatic rings. The number of hydrogen-bond donors (Lipinski definition) is 3. The van der Waals surface area contributed by atoms with Gasteiger partial charge in [0.15, 0.2) is 0 Å². The number of hydrazine groups is 1. The van der Waals surface area contributed by atoms with Crippen molar-refractivity contribution >= 4 is 35.2 Å². The molecule has 2 aromatic carbocycles. The Hall–Kier alpha value is -5.54. The minimum absolute atomic E-state index is 0.0483. The summed E-state index contributed by atoms with van der Waals surface area (Å²) < 4.78 is 0. The molecule has 4 N–H and O–H groups in total. The molecular formula is C35H38N6O6. The molecule has 244 valence electrons. The number of nitrogens with zero attached hydrogens (tertiary/aromatic N) is 4. The Labute approximate surface area is 273 Å². The molecule has 4 rings (SSSR count). The molecule has 0 bridgehead atoms.